The van der Waals surface area contributed by atoms with Crippen LogP contribution in [0.3, 0.4) is 0 Å². The molecule has 0 saturated carbocycles. The van der Waals surface area contributed by atoms with Crippen molar-refractivity contribution in [2.45, 2.75) is 59.6 Å². The van der Waals surface area contributed by atoms with E-state index in [1.165, 1.54) is 5.56 Å². The molecule has 1 aromatic carbocycles. The summed E-state index contributed by atoms with van der Waals surface area (Å²) in [6.07, 6.45) is 5.79. The first kappa shape index (κ1) is 24.8. The van der Waals surface area contributed by atoms with Gasteiger partial charge >= 0.3 is 0 Å². The van der Waals surface area contributed by atoms with E-state index >= 15 is 0 Å². The first-order valence-electron chi connectivity index (χ1n) is 10.5. The fourth-order valence-electron chi connectivity index (χ4n) is 2.99. The molecule has 156 valence electrons. The van der Waals surface area contributed by atoms with Crippen LogP contribution in [0.25, 0.3) is 11.1 Å². The number of hydrogen-bond acceptors (Lipinski definition) is 2. The van der Waals surface area contributed by atoms with Crippen LogP contribution in [0.5, 0.6) is 0 Å². The molecule has 2 rings (SSSR count). The van der Waals surface area contributed by atoms with Gasteiger partial charge in [-0.15, -0.1) is 11.8 Å². The Morgan fingerprint density at radius 1 is 1.07 bits per heavy atom. The zero-order valence-electron chi connectivity index (χ0n) is 18.7. The van der Waals surface area contributed by atoms with Crippen LogP contribution in [0.15, 0.2) is 71.0 Å². The summed E-state index contributed by atoms with van der Waals surface area (Å²) >= 11 is 1.68. The van der Waals surface area contributed by atoms with Crippen LogP contribution in [0, 0.1) is 6.92 Å². The standard InChI is InChI=1S/C24H29NOS.C2H6/c1-5-7-16-27-19(4)23-22(21-14-11-13-20(6-2)17-21)18(3)12-9-8-10-15-25-24(23)26;1-2/h7-17,19H,5-6H2,1-4H3,(H,25,26);1-2H3/b16-7-;. The Kier molecular flexibility index (Phi) is 11.8. The summed E-state index contributed by atoms with van der Waals surface area (Å²) < 4.78 is 0. The Balaban J connectivity index is 0.00000204. The van der Waals surface area contributed by atoms with Gasteiger partial charge in [0.25, 0.3) is 5.56 Å². The normalized spacial score (nSPS) is 11.4. The quantitative estimate of drug-likeness (QED) is 0.528. The third kappa shape index (κ3) is 7.58. The Morgan fingerprint density at radius 3 is 2.52 bits per heavy atom. The highest BCUT2D eigenvalue weighted by molar-refractivity contribution is 8.02. The summed E-state index contributed by atoms with van der Waals surface area (Å²) in [5.41, 5.74) is 5.24. The first-order chi connectivity index (χ1) is 14.1. The Bertz CT molecular complexity index is 897. The van der Waals surface area contributed by atoms with E-state index in [9.17, 15) is 4.79 Å². The number of nitrogens with one attached hydrogen (secondary N) is 1. The third-order valence-electron chi connectivity index (χ3n) is 4.43. The summed E-state index contributed by atoms with van der Waals surface area (Å²) in [5.74, 6) is 0. The van der Waals surface area contributed by atoms with E-state index in [-0.39, 0.29) is 10.8 Å². The molecule has 0 saturated heterocycles. The fraction of sp³-hybridized carbons (Fsp3) is 0.346. The highest BCUT2D eigenvalue weighted by atomic mass is 32.2. The number of thioether (sulfide) groups is 1. The van der Waals surface area contributed by atoms with Gasteiger partial charge < -0.3 is 4.98 Å². The summed E-state index contributed by atoms with van der Waals surface area (Å²) in [5, 5.41) is 2.13. The topological polar surface area (TPSA) is 32.9 Å². The molecule has 3 heteroatoms. The Morgan fingerprint density at radius 2 is 1.83 bits per heavy atom. The summed E-state index contributed by atoms with van der Waals surface area (Å²) in [7, 11) is 0. The average molecular weight is 410 g/mol. The molecule has 0 aliphatic heterocycles. The predicted molar refractivity (Wildman–Crippen MR) is 131 cm³/mol. The number of aryl methyl sites for hydroxylation is 2. The van der Waals surface area contributed by atoms with Gasteiger partial charge in [-0.1, -0.05) is 76.2 Å². The zero-order valence-corrected chi connectivity index (χ0v) is 19.5. The number of aromatic amines is 1. The SMILES string of the molecule is CC.CC/C=C\SC(C)c1c(-c2cccc(CC)c2)c(C)ccccc[nH]c1=O. The van der Waals surface area contributed by atoms with Crippen molar-refractivity contribution >= 4 is 11.8 Å². The second-order valence-corrected chi connectivity index (χ2v) is 7.72. The van der Waals surface area contributed by atoms with Gasteiger partial charge in [0, 0.05) is 17.0 Å². The molecule has 29 heavy (non-hydrogen) atoms. The van der Waals surface area contributed by atoms with Crippen LogP contribution >= 0.6 is 11.8 Å². The van der Waals surface area contributed by atoms with Gasteiger partial charge in [-0.25, -0.2) is 0 Å². The second kappa shape index (κ2) is 13.8. The number of allylic oxidation sites excluding steroid dienone is 1. The van der Waals surface area contributed by atoms with Crippen molar-refractivity contribution in [3.05, 3.63) is 93.3 Å². The van der Waals surface area contributed by atoms with Gasteiger partial charge in [0.2, 0.25) is 0 Å². The van der Waals surface area contributed by atoms with Crippen LogP contribution in [-0.2, 0) is 6.42 Å². The van der Waals surface area contributed by atoms with Crippen molar-refractivity contribution < 1.29 is 0 Å². The maximum absolute atomic E-state index is 13.1. The van der Waals surface area contributed by atoms with Crippen LogP contribution in [0.2, 0.25) is 0 Å². The van der Waals surface area contributed by atoms with Crippen LogP contribution in [0.1, 0.15) is 63.0 Å². The van der Waals surface area contributed by atoms with Crippen molar-refractivity contribution in [2.24, 2.45) is 0 Å². The average Bonchev–Trinajstić information content (AvgIpc) is 2.75. The minimum Gasteiger partial charge on any atom is -0.329 e. The third-order valence-corrected chi connectivity index (χ3v) is 5.43. The largest absolute Gasteiger partial charge is 0.329 e. The van der Waals surface area contributed by atoms with Gasteiger partial charge in [-0.05, 0) is 60.4 Å². The zero-order chi connectivity index (χ0) is 21.6. The lowest BCUT2D eigenvalue weighted by atomic mass is 9.94. The molecule has 0 bridgehead atoms. The van der Waals surface area contributed by atoms with E-state index in [0.717, 1.165) is 35.1 Å². The van der Waals surface area contributed by atoms with Crippen molar-refractivity contribution in [2.75, 3.05) is 0 Å². The molecule has 1 aromatic heterocycles. The Labute approximate surface area is 180 Å². The molecule has 0 fully saturated rings. The Hall–Kier alpha value is -2.26. The van der Waals surface area contributed by atoms with E-state index in [2.05, 4.69) is 74.5 Å². The fourth-order valence-corrected chi connectivity index (χ4v) is 3.89. The van der Waals surface area contributed by atoms with E-state index in [0.29, 0.717) is 0 Å². The first-order valence-corrected chi connectivity index (χ1v) is 11.5. The molecule has 0 spiro atoms. The molecule has 1 heterocycles. The predicted octanol–water partition coefficient (Wildman–Crippen LogP) is 7.78. The van der Waals surface area contributed by atoms with Crippen molar-refractivity contribution in [3.63, 3.8) is 0 Å². The van der Waals surface area contributed by atoms with Crippen molar-refractivity contribution in [3.8, 4) is 11.1 Å². The number of aromatic nitrogens is 1. The smallest absolute Gasteiger partial charge is 0.252 e. The highest BCUT2D eigenvalue weighted by Crippen LogP contribution is 2.35. The minimum absolute atomic E-state index is 0.0354. The molecule has 0 radical (unpaired) electrons. The molecule has 0 aliphatic carbocycles. The summed E-state index contributed by atoms with van der Waals surface area (Å²) in [6.45, 7) is 12.4. The molecule has 2 aromatic rings. The number of hydrogen-bond donors (Lipinski definition) is 1. The van der Waals surface area contributed by atoms with Gasteiger partial charge in [0.05, 0.1) is 0 Å². The number of rotatable bonds is 6. The van der Waals surface area contributed by atoms with E-state index in [4.69, 9.17) is 0 Å². The van der Waals surface area contributed by atoms with E-state index in [1.54, 1.807) is 18.0 Å². The van der Waals surface area contributed by atoms with Gasteiger partial charge in [0.15, 0.2) is 0 Å². The number of H-pyrrole nitrogens is 1. The van der Waals surface area contributed by atoms with E-state index in [1.807, 2.05) is 32.0 Å². The molecular weight excluding hydrogens is 374 g/mol. The summed E-state index contributed by atoms with van der Waals surface area (Å²) in [6, 6.07) is 16.4. The molecule has 0 aliphatic rings. The minimum atomic E-state index is -0.0453. The molecule has 0 amide bonds. The van der Waals surface area contributed by atoms with Gasteiger partial charge in [-0.3, -0.25) is 4.79 Å². The second-order valence-electron chi connectivity index (χ2n) is 6.47. The van der Waals surface area contributed by atoms with Crippen molar-refractivity contribution in [1.82, 2.24) is 4.98 Å². The molecule has 2 nitrogen and oxygen atoms in total. The van der Waals surface area contributed by atoms with E-state index < -0.39 is 0 Å². The van der Waals surface area contributed by atoms with Crippen LogP contribution < -0.4 is 5.56 Å². The lowest BCUT2D eigenvalue weighted by molar-refractivity contribution is 1.05. The molecular formula is C26H35NOS. The van der Waals surface area contributed by atoms with Crippen molar-refractivity contribution in [1.29, 1.82) is 0 Å². The number of benzene rings is 1. The van der Waals surface area contributed by atoms with Gasteiger partial charge in [0.1, 0.15) is 0 Å². The lowest BCUT2D eigenvalue weighted by Crippen LogP contribution is -2.13. The van der Waals surface area contributed by atoms with Gasteiger partial charge in [-0.2, -0.15) is 0 Å². The highest BCUT2D eigenvalue weighted by Gasteiger charge is 2.16. The molecule has 1 N–H and O–H groups in total. The maximum Gasteiger partial charge on any atom is 0.252 e. The maximum atomic E-state index is 13.1. The lowest BCUT2D eigenvalue weighted by Gasteiger charge is -2.15. The monoisotopic (exact) mass is 409 g/mol. The summed E-state index contributed by atoms with van der Waals surface area (Å²) in [4.78, 5) is 16.0. The van der Waals surface area contributed by atoms with Crippen LogP contribution in [0.4, 0.5) is 0 Å². The molecule has 1 unspecified atom stereocenters. The van der Waals surface area contributed by atoms with Crippen LogP contribution in [-0.4, -0.2) is 4.98 Å². The molecule has 1 atom stereocenters.